The number of aliphatic hydroxyl groups excluding tert-OH is 1. The SMILES string of the molecule is CC(C#N)=[C-]O.[Na+]. The first-order valence-electron chi connectivity index (χ1n) is 1.45. The van der Waals surface area contributed by atoms with E-state index in [1.165, 1.54) is 6.92 Å². The minimum atomic E-state index is 0. The Hall–Kier alpha value is 0.0300. The van der Waals surface area contributed by atoms with E-state index in [1.54, 1.807) is 12.3 Å². The summed E-state index contributed by atoms with van der Waals surface area (Å²) in [5, 5.41) is 15.7. The third-order valence-corrected chi connectivity index (χ3v) is 0.335. The van der Waals surface area contributed by atoms with Crippen molar-refractivity contribution in [2.24, 2.45) is 0 Å². The van der Waals surface area contributed by atoms with Crippen LogP contribution in [0.4, 0.5) is 0 Å². The maximum atomic E-state index is 7.83. The molecule has 0 rings (SSSR count). The number of nitriles is 1. The average Bonchev–Trinajstić information content (AvgIpc) is 1.65. The van der Waals surface area contributed by atoms with Crippen LogP contribution in [0, 0.1) is 17.6 Å². The van der Waals surface area contributed by atoms with Crippen molar-refractivity contribution in [1.82, 2.24) is 0 Å². The van der Waals surface area contributed by atoms with Crippen molar-refractivity contribution in [3.8, 4) is 6.07 Å². The van der Waals surface area contributed by atoms with E-state index in [4.69, 9.17) is 10.4 Å². The molecule has 2 nitrogen and oxygen atoms in total. The summed E-state index contributed by atoms with van der Waals surface area (Å²) < 4.78 is 0. The summed E-state index contributed by atoms with van der Waals surface area (Å²) in [5.41, 5.74) is 0.204. The minimum absolute atomic E-state index is 0. The third-order valence-electron chi connectivity index (χ3n) is 0.335. The molecular formula is C4H4NNaO. The van der Waals surface area contributed by atoms with Gasteiger partial charge in [0.25, 0.3) is 0 Å². The molecule has 0 bridgehead atoms. The molecule has 0 aliphatic rings. The molecule has 7 heavy (non-hydrogen) atoms. The van der Waals surface area contributed by atoms with Gasteiger partial charge in [0, 0.05) is 0 Å². The Kier molecular flexibility index (Phi) is 8.70. The van der Waals surface area contributed by atoms with Crippen LogP contribution >= 0.6 is 0 Å². The van der Waals surface area contributed by atoms with Crippen molar-refractivity contribution in [2.75, 3.05) is 0 Å². The number of hydrogen-bond donors (Lipinski definition) is 1. The van der Waals surface area contributed by atoms with Crippen LogP contribution in [0.15, 0.2) is 5.57 Å². The fourth-order valence-corrected chi connectivity index (χ4v) is 0.0250. The summed E-state index contributed by atoms with van der Waals surface area (Å²) in [6.45, 7) is 1.47. The molecule has 0 saturated heterocycles. The van der Waals surface area contributed by atoms with Crippen molar-refractivity contribution < 1.29 is 34.7 Å². The van der Waals surface area contributed by atoms with E-state index in [0.29, 0.717) is 0 Å². The van der Waals surface area contributed by atoms with Crippen LogP contribution < -0.4 is 29.6 Å². The molecule has 0 radical (unpaired) electrons. The molecule has 0 aromatic heterocycles. The second kappa shape index (κ2) is 6.03. The van der Waals surface area contributed by atoms with E-state index >= 15 is 0 Å². The zero-order valence-electron chi connectivity index (χ0n) is 4.39. The van der Waals surface area contributed by atoms with Gasteiger partial charge in [0.1, 0.15) is 0 Å². The smallest absolute Gasteiger partial charge is 0.606 e. The van der Waals surface area contributed by atoms with Crippen LogP contribution in [0.5, 0.6) is 0 Å². The van der Waals surface area contributed by atoms with Gasteiger partial charge in [-0.3, -0.25) is 0 Å². The van der Waals surface area contributed by atoms with E-state index < -0.39 is 0 Å². The average molecular weight is 105 g/mol. The summed E-state index contributed by atoms with van der Waals surface area (Å²) in [7, 11) is 0. The fraction of sp³-hybridized carbons (Fsp3) is 0.250. The Morgan fingerprint density at radius 2 is 2.29 bits per heavy atom. The van der Waals surface area contributed by atoms with Gasteiger partial charge in [-0.05, 0) is 0 Å². The first-order valence-corrected chi connectivity index (χ1v) is 1.45. The van der Waals surface area contributed by atoms with Gasteiger partial charge < -0.3 is 10.4 Å². The second-order valence-corrected chi connectivity index (χ2v) is 0.849. The van der Waals surface area contributed by atoms with Gasteiger partial charge in [0.05, 0.1) is 0 Å². The molecule has 3 heteroatoms. The monoisotopic (exact) mass is 105 g/mol. The van der Waals surface area contributed by atoms with Crippen LogP contribution in [-0.4, -0.2) is 5.11 Å². The van der Waals surface area contributed by atoms with E-state index in [1.807, 2.05) is 0 Å². The van der Waals surface area contributed by atoms with E-state index in [2.05, 4.69) is 0 Å². The fourth-order valence-electron chi connectivity index (χ4n) is 0.0250. The first kappa shape index (κ1) is 10.1. The van der Waals surface area contributed by atoms with Crippen LogP contribution in [0.2, 0.25) is 0 Å². The molecule has 0 aromatic carbocycles. The molecule has 0 amide bonds. The number of rotatable bonds is 0. The van der Waals surface area contributed by atoms with Crippen LogP contribution in [0.25, 0.3) is 0 Å². The van der Waals surface area contributed by atoms with Crippen LogP contribution in [-0.2, 0) is 0 Å². The van der Waals surface area contributed by atoms with Crippen molar-refractivity contribution in [3.05, 3.63) is 11.8 Å². The Labute approximate surface area is 64.7 Å². The second-order valence-electron chi connectivity index (χ2n) is 0.849. The van der Waals surface area contributed by atoms with Gasteiger partial charge in [-0.25, -0.2) is 0 Å². The molecule has 0 saturated carbocycles. The molecule has 32 valence electrons. The summed E-state index contributed by atoms with van der Waals surface area (Å²) in [4.78, 5) is 0. The van der Waals surface area contributed by atoms with Crippen LogP contribution in [0.3, 0.4) is 0 Å². The Balaban J connectivity index is 0. The Morgan fingerprint density at radius 1 is 1.86 bits per heavy atom. The standard InChI is InChI=1S/C4H4NO.Na/c1-4(2-5)3-6;/h6H,1H3;/q-1;+1. The predicted molar refractivity (Wildman–Crippen MR) is 20.7 cm³/mol. The molecule has 1 N–H and O–H groups in total. The van der Waals surface area contributed by atoms with Gasteiger partial charge in [-0.1, -0.05) is 13.2 Å². The number of aliphatic hydroxyl groups is 1. The molecule has 0 aliphatic heterocycles. The zero-order valence-corrected chi connectivity index (χ0v) is 6.39. The van der Waals surface area contributed by atoms with E-state index in [-0.39, 0.29) is 35.1 Å². The number of allylic oxidation sites excluding steroid dienone is 1. The van der Waals surface area contributed by atoms with Gasteiger partial charge in [-0.15, -0.1) is 11.6 Å². The van der Waals surface area contributed by atoms with Crippen molar-refractivity contribution >= 4 is 0 Å². The molecule has 0 atom stereocenters. The van der Waals surface area contributed by atoms with Crippen molar-refractivity contribution in [2.45, 2.75) is 6.92 Å². The first-order chi connectivity index (χ1) is 2.81. The zero-order chi connectivity index (χ0) is 4.99. The largest absolute Gasteiger partial charge is 1.00 e. The van der Waals surface area contributed by atoms with Gasteiger partial charge in [0.2, 0.25) is 0 Å². The Bertz CT molecular complexity index is 103. The van der Waals surface area contributed by atoms with Gasteiger partial charge in [-0.2, -0.15) is 0 Å². The predicted octanol–water partition coefficient (Wildman–Crippen LogP) is -2.22. The maximum Gasteiger partial charge on any atom is 1.00 e. The van der Waals surface area contributed by atoms with Gasteiger partial charge >= 0.3 is 29.6 Å². The summed E-state index contributed by atoms with van der Waals surface area (Å²) in [5.74, 6) is 0. The van der Waals surface area contributed by atoms with Crippen molar-refractivity contribution in [3.63, 3.8) is 0 Å². The maximum absolute atomic E-state index is 7.83. The summed E-state index contributed by atoms with van der Waals surface area (Å²) in [6, 6.07) is 1.67. The molecule has 0 aliphatic carbocycles. The van der Waals surface area contributed by atoms with Crippen LogP contribution in [0.1, 0.15) is 6.92 Å². The molecule has 0 aromatic rings. The van der Waals surface area contributed by atoms with Crippen molar-refractivity contribution in [1.29, 1.82) is 5.26 Å². The summed E-state index contributed by atoms with van der Waals surface area (Å²) >= 11 is 0. The molecular weight excluding hydrogens is 101 g/mol. The summed E-state index contributed by atoms with van der Waals surface area (Å²) in [6.07, 6.45) is 1.67. The number of nitrogens with zero attached hydrogens (tertiary/aromatic N) is 1. The number of hydrogen-bond acceptors (Lipinski definition) is 2. The molecule has 0 unspecified atom stereocenters. The minimum Gasteiger partial charge on any atom is -0.606 e. The molecule has 0 fully saturated rings. The Morgan fingerprint density at radius 3 is 2.29 bits per heavy atom. The molecule has 0 spiro atoms. The van der Waals surface area contributed by atoms with Gasteiger partial charge in [0.15, 0.2) is 0 Å². The molecule has 0 heterocycles. The quantitative estimate of drug-likeness (QED) is 0.164. The third kappa shape index (κ3) is 6.03. The normalized spacial score (nSPS) is 8.86. The van der Waals surface area contributed by atoms with E-state index in [0.717, 1.165) is 0 Å². The van der Waals surface area contributed by atoms with E-state index in [9.17, 15) is 0 Å². The topological polar surface area (TPSA) is 44.0 Å².